The molecule has 0 bridgehead atoms. The van der Waals surface area contributed by atoms with Gasteiger partial charge < -0.3 is 5.32 Å². The number of hydrogen-bond acceptors (Lipinski definition) is 1. The second kappa shape index (κ2) is 5.10. The molecule has 1 atom stereocenters. The second-order valence-electron chi connectivity index (χ2n) is 6.96. The van der Waals surface area contributed by atoms with Crippen LogP contribution in [0.25, 0.3) is 17.2 Å². The minimum atomic E-state index is 0.234. The van der Waals surface area contributed by atoms with Gasteiger partial charge in [0.15, 0.2) is 0 Å². The van der Waals surface area contributed by atoms with Gasteiger partial charge in [-0.1, -0.05) is 62.4 Å². The Labute approximate surface area is 133 Å². The summed E-state index contributed by atoms with van der Waals surface area (Å²) >= 11 is 0. The van der Waals surface area contributed by atoms with Crippen LogP contribution < -0.4 is 5.32 Å². The van der Waals surface area contributed by atoms with Crippen LogP contribution in [-0.2, 0) is 5.41 Å². The standard InChI is InChI=1S/C21H23N/c1-15(2)18-5-3-4-6-19(18)17-8-7-16-9-10-21(20(16)13-17)11-12-22-14-21/h3-10,13,15,22H,11-12,14H2,1-2H3. The highest BCUT2D eigenvalue weighted by molar-refractivity contribution is 5.75. The fourth-order valence-electron chi connectivity index (χ4n) is 3.99. The van der Waals surface area contributed by atoms with E-state index in [1.54, 1.807) is 0 Å². The van der Waals surface area contributed by atoms with Crippen LogP contribution in [0.2, 0.25) is 0 Å². The Hall–Kier alpha value is -1.86. The molecule has 1 fully saturated rings. The summed E-state index contributed by atoms with van der Waals surface area (Å²) < 4.78 is 0. The molecule has 4 rings (SSSR count). The van der Waals surface area contributed by atoms with E-state index in [0.717, 1.165) is 13.1 Å². The monoisotopic (exact) mass is 289 g/mol. The number of rotatable bonds is 2. The summed E-state index contributed by atoms with van der Waals surface area (Å²) in [6.45, 7) is 6.74. The summed E-state index contributed by atoms with van der Waals surface area (Å²) in [4.78, 5) is 0. The quantitative estimate of drug-likeness (QED) is 0.842. The van der Waals surface area contributed by atoms with Crippen LogP contribution >= 0.6 is 0 Å². The zero-order valence-electron chi connectivity index (χ0n) is 13.4. The minimum absolute atomic E-state index is 0.234. The van der Waals surface area contributed by atoms with Gasteiger partial charge in [0, 0.05) is 12.0 Å². The lowest BCUT2D eigenvalue weighted by atomic mass is 9.80. The van der Waals surface area contributed by atoms with Crippen LogP contribution in [0.15, 0.2) is 48.5 Å². The maximum absolute atomic E-state index is 3.53. The summed E-state index contributed by atoms with van der Waals surface area (Å²) in [6.07, 6.45) is 5.93. The molecule has 0 saturated carbocycles. The highest BCUT2D eigenvalue weighted by Gasteiger charge is 2.37. The van der Waals surface area contributed by atoms with Gasteiger partial charge in [0.05, 0.1) is 0 Å². The molecule has 2 aromatic rings. The maximum atomic E-state index is 3.53. The molecule has 1 aliphatic heterocycles. The van der Waals surface area contributed by atoms with Crippen LogP contribution in [0, 0.1) is 0 Å². The van der Waals surface area contributed by atoms with E-state index < -0.39 is 0 Å². The lowest BCUT2D eigenvalue weighted by Crippen LogP contribution is -2.24. The van der Waals surface area contributed by atoms with Crippen molar-refractivity contribution < 1.29 is 0 Å². The number of nitrogens with one attached hydrogen (secondary N) is 1. The molecule has 2 aliphatic rings. The molecule has 1 aliphatic carbocycles. The Bertz CT molecular complexity index is 733. The van der Waals surface area contributed by atoms with Crippen molar-refractivity contribution in [1.82, 2.24) is 5.32 Å². The highest BCUT2D eigenvalue weighted by atomic mass is 14.9. The number of hydrogen-bond donors (Lipinski definition) is 1. The van der Waals surface area contributed by atoms with Gasteiger partial charge in [0.25, 0.3) is 0 Å². The first-order valence-corrected chi connectivity index (χ1v) is 8.33. The molecule has 1 heteroatoms. The average molecular weight is 289 g/mol. The van der Waals surface area contributed by atoms with Crippen LogP contribution in [0.3, 0.4) is 0 Å². The fourth-order valence-corrected chi connectivity index (χ4v) is 3.99. The summed E-state index contributed by atoms with van der Waals surface area (Å²) in [5.74, 6) is 0.546. The SMILES string of the molecule is CC(C)c1ccccc1-c1ccc2c(c1)C1(C=C2)CCNC1. The third-order valence-corrected chi connectivity index (χ3v) is 5.25. The summed E-state index contributed by atoms with van der Waals surface area (Å²) in [7, 11) is 0. The van der Waals surface area contributed by atoms with Crippen LogP contribution in [0.4, 0.5) is 0 Å². The third kappa shape index (κ3) is 2.04. The molecule has 1 unspecified atom stereocenters. The van der Waals surface area contributed by atoms with Gasteiger partial charge in [-0.3, -0.25) is 0 Å². The zero-order valence-corrected chi connectivity index (χ0v) is 13.4. The predicted molar refractivity (Wildman–Crippen MR) is 94.2 cm³/mol. The highest BCUT2D eigenvalue weighted by Crippen LogP contribution is 2.42. The van der Waals surface area contributed by atoms with Gasteiger partial charge in [0.1, 0.15) is 0 Å². The Balaban J connectivity index is 1.84. The first-order chi connectivity index (χ1) is 10.7. The summed E-state index contributed by atoms with van der Waals surface area (Å²) in [5.41, 5.74) is 7.32. The molecule has 1 spiro atoms. The molecule has 2 aromatic carbocycles. The average Bonchev–Trinajstić information content (AvgIpc) is 3.16. The maximum Gasteiger partial charge on any atom is 0.0278 e. The Morgan fingerprint density at radius 2 is 1.95 bits per heavy atom. The Kier molecular flexibility index (Phi) is 3.19. The Morgan fingerprint density at radius 3 is 2.73 bits per heavy atom. The number of benzene rings is 2. The van der Waals surface area contributed by atoms with Gasteiger partial charge in [-0.25, -0.2) is 0 Å². The normalized spacial score (nSPS) is 22.7. The second-order valence-corrected chi connectivity index (χ2v) is 6.96. The minimum Gasteiger partial charge on any atom is -0.315 e. The van der Waals surface area contributed by atoms with E-state index in [0.29, 0.717) is 5.92 Å². The number of fused-ring (bicyclic) bond motifs is 2. The van der Waals surface area contributed by atoms with Crippen molar-refractivity contribution in [2.24, 2.45) is 0 Å². The lowest BCUT2D eigenvalue weighted by molar-refractivity contribution is 0.605. The van der Waals surface area contributed by atoms with Crippen LogP contribution in [0.5, 0.6) is 0 Å². The zero-order chi connectivity index (χ0) is 15.2. The van der Waals surface area contributed by atoms with E-state index in [9.17, 15) is 0 Å². The van der Waals surface area contributed by atoms with Crippen molar-refractivity contribution in [2.75, 3.05) is 13.1 Å². The molecular formula is C21H23N. The molecule has 0 radical (unpaired) electrons. The molecule has 0 amide bonds. The van der Waals surface area contributed by atoms with Crippen LogP contribution in [-0.4, -0.2) is 13.1 Å². The summed E-state index contributed by atoms with van der Waals surface area (Å²) in [5, 5.41) is 3.53. The molecule has 1 nitrogen and oxygen atoms in total. The molecular weight excluding hydrogens is 266 g/mol. The van der Waals surface area contributed by atoms with E-state index in [2.05, 4.69) is 73.8 Å². The van der Waals surface area contributed by atoms with Crippen molar-refractivity contribution in [1.29, 1.82) is 0 Å². The smallest absolute Gasteiger partial charge is 0.0278 e. The van der Waals surface area contributed by atoms with Gasteiger partial charge in [-0.2, -0.15) is 0 Å². The first kappa shape index (κ1) is 13.8. The largest absolute Gasteiger partial charge is 0.315 e. The lowest BCUT2D eigenvalue weighted by Gasteiger charge is -2.23. The molecule has 1 heterocycles. The van der Waals surface area contributed by atoms with Crippen LogP contribution in [0.1, 0.15) is 42.9 Å². The van der Waals surface area contributed by atoms with E-state index in [-0.39, 0.29) is 5.41 Å². The van der Waals surface area contributed by atoms with Crippen molar-refractivity contribution in [3.8, 4) is 11.1 Å². The topological polar surface area (TPSA) is 12.0 Å². The Morgan fingerprint density at radius 1 is 1.09 bits per heavy atom. The molecule has 22 heavy (non-hydrogen) atoms. The van der Waals surface area contributed by atoms with Gasteiger partial charge in [-0.05, 0) is 52.8 Å². The van der Waals surface area contributed by atoms with Crippen molar-refractivity contribution in [3.05, 3.63) is 65.2 Å². The van der Waals surface area contributed by atoms with E-state index in [4.69, 9.17) is 0 Å². The molecule has 112 valence electrons. The summed E-state index contributed by atoms with van der Waals surface area (Å²) in [6, 6.07) is 15.8. The molecule has 1 N–H and O–H groups in total. The van der Waals surface area contributed by atoms with Gasteiger partial charge in [0.2, 0.25) is 0 Å². The third-order valence-electron chi connectivity index (χ3n) is 5.25. The van der Waals surface area contributed by atoms with E-state index in [1.165, 1.54) is 34.2 Å². The predicted octanol–water partition coefficient (Wildman–Crippen LogP) is 4.73. The van der Waals surface area contributed by atoms with Crippen molar-refractivity contribution >= 4 is 6.08 Å². The van der Waals surface area contributed by atoms with Gasteiger partial charge in [-0.15, -0.1) is 0 Å². The molecule has 1 saturated heterocycles. The van der Waals surface area contributed by atoms with E-state index in [1.807, 2.05) is 0 Å². The molecule has 0 aromatic heterocycles. The van der Waals surface area contributed by atoms with Crippen molar-refractivity contribution in [3.63, 3.8) is 0 Å². The van der Waals surface area contributed by atoms with E-state index >= 15 is 0 Å². The van der Waals surface area contributed by atoms with Gasteiger partial charge >= 0.3 is 0 Å². The van der Waals surface area contributed by atoms with Crippen molar-refractivity contribution in [2.45, 2.75) is 31.6 Å². The fraction of sp³-hybridized carbons (Fsp3) is 0.333. The first-order valence-electron chi connectivity index (χ1n) is 8.33.